The highest BCUT2D eigenvalue weighted by atomic mass is 16.5. The first-order valence-electron chi connectivity index (χ1n) is 9.85. The van der Waals surface area contributed by atoms with Crippen LogP contribution in [0.15, 0.2) is 28.8 Å². The van der Waals surface area contributed by atoms with Gasteiger partial charge in [-0.25, -0.2) is 9.59 Å². The smallest absolute Gasteiger partial charge is 0.337 e. The lowest BCUT2D eigenvalue weighted by Gasteiger charge is -2.16. The number of esters is 1. The van der Waals surface area contributed by atoms with Gasteiger partial charge in [0.25, 0.3) is 0 Å². The van der Waals surface area contributed by atoms with Gasteiger partial charge in [0.2, 0.25) is 11.7 Å². The molecule has 4 N–H and O–H groups in total. The molecule has 1 aliphatic heterocycles. The van der Waals surface area contributed by atoms with E-state index in [-0.39, 0.29) is 30.9 Å². The van der Waals surface area contributed by atoms with Gasteiger partial charge in [-0.2, -0.15) is 4.98 Å². The van der Waals surface area contributed by atoms with Crippen molar-refractivity contribution in [2.24, 2.45) is 0 Å². The number of carbonyl (C=O) groups excluding carboxylic acids is 2. The highest BCUT2D eigenvalue weighted by Crippen LogP contribution is 2.25. The molecule has 0 bridgehead atoms. The van der Waals surface area contributed by atoms with Gasteiger partial charge in [0.15, 0.2) is 0 Å². The standard InChI is InChI=1S/C20H26N4O7/c1-10(2)22-20(28)21-9-14-17(26)16(25)13(30-14)8-15-23-18(24-31-15)11-4-6-12(7-5-11)19(27)29-3/h4-7,10,13-14,16-17,25-26H,8-9H2,1-3H3,(H2,21,22,28). The Kier molecular flexibility index (Phi) is 7.21. The third-order valence-electron chi connectivity index (χ3n) is 4.75. The van der Waals surface area contributed by atoms with E-state index in [1.165, 1.54) is 7.11 Å². The van der Waals surface area contributed by atoms with E-state index in [2.05, 4.69) is 25.5 Å². The molecule has 1 aliphatic rings. The second-order valence-corrected chi connectivity index (χ2v) is 7.49. The summed E-state index contributed by atoms with van der Waals surface area (Å²) in [5.74, 6) is 0.0782. The van der Waals surface area contributed by atoms with Crippen molar-refractivity contribution in [2.45, 2.75) is 50.7 Å². The van der Waals surface area contributed by atoms with Crippen LogP contribution in [0.2, 0.25) is 0 Å². The van der Waals surface area contributed by atoms with E-state index in [0.717, 1.165) is 0 Å². The minimum absolute atomic E-state index is 0.0313. The summed E-state index contributed by atoms with van der Waals surface area (Å²) >= 11 is 0. The number of nitrogens with zero attached hydrogens (tertiary/aromatic N) is 2. The molecule has 0 aliphatic carbocycles. The summed E-state index contributed by atoms with van der Waals surface area (Å²) in [5.41, 5.74) is 1.03. The summed E-state index contributed by atoms with van der Waals surface area (Å²) in [6.07, 6.45) is -3.80. The van der Waals surface area contributed by atoms with Crippen molar-refractivity contribution in [3.8, 4) is 11.4 Å². The molecule has 1 fully saturated rings. The molecular formula is C20H26N4O7. The maximum atomic E-state index is 11.7. The molecule has 11 heteroatoms. The number of carbonyl (C=O) groups is 2. The molecule has 31 heavy (non-hydrogen) atoms. The Labute approximate surface area is 178 Å². The number of aliphatic hydroxyl groups is 2. The van der Waals surface area contributed by atoms with Gasteiger partial charge in [-0.05, 0) is 26.0 Å². The Morgan fingerprint density at radius 1 is 1.16 bits per heavy atom. The highest BCUT2D eigenvalue weighted by Gasteiger charge is 2.43. The summed E-state index contributed by atoms with van der Waals surface area (Å²) in [7, 11) is 1.30. The van der Waals surface area contributed by atoms with Gasteiger partial charge in [0, 0.05) is 18.2 Å². The molecule has 1 aromatic carbocycles. The lowest BCUT2D eigenvalue weighted by Crippen LogP contribution is -2.45. The van der Waals surface area contributed by atoms with E-state index in [1.54, 1.807) is 24.3 Å². The SMILES string of the molecule is COC(=O)c1ccc(-c2noc(CC3OC(CNC(=O)NC(C)C)C(O)C3O)n2)cc1. The van der Waals surface area contributed by atoms with E-state index in [1.807, 2.05) is 13.8 Å². The second-order valence-electron chi connectivity index (χ2n) is 7.49. The maximum Gasteiger partial charge on any atom is 0.337 e. The van der Waals surface area contributed by atoms with Crippen molar-refractivity contribution >= 4 is 12.0 Å². The number of benzene rings is 1. The number of aromatic nitrogens is 2. The molecule has 1 aromatic heterocycles. The zero-order valence-corrected chi connectivity index (χ0v) is 17.4. The number of urea groups is 1. The summed E-state index contributed by atoms with van der Waals surface area (Å²) in [5, 5.41) is 29.7. The Hall–Kier alpha value is -3.02. The van der Waals surface area contributed by atoms with Gasteiger partial charge in [0.05, 0.1) is 25.2 Å². The molecule has 0 saturated carbocycles. The summed E-state index contributed by atoms with van der Waals surface area (Å²) in [6.45, 7) is 3.69. The summed E-state index contributed by atoms with van der Waals surface area (Å²) in [6, 6.07) is 6.08. The van der Waals surface area contributed by atoms with Crippen LogP contribution < -0.4 is 10.6 Å². The Balaban J connectivity index is 1.58. The van der Waals surface area contributed by atoms with Crippen molar-refractivity contribution < 1.29 is 33.8 Å². The van der Waals surface area contributed by atoms with Crippen LogP contribution in [0.5, 0.6) is 0 Å². The van der Waals surface area contributed by atoms with Crippen LogP contribution in [0, 0.1) is 0 Å². The largest absolute Gasteiger partial charge is 0.465 e. The number of aliphatic hydroxyl groups excluding tert-OH is 2. The van der Waals surface area contributed by atoms with Gasteiger partial charge in [-0.15, -0.1) is 0 Å². The molecule has 2 aromatic rings. The molecule has 4 unspecified atom stereocenters. The second kappa shape index (κ2) is 9.86. The zero-order chi connectivity index (χ0) is 22.5. The third-order valence-corrected chi connectivity index (χ3v) is 4.75. The minimum Gasteiger partial charge on any atom is -0.465 e. The van der Waals surface area contributed by atoms with E-state index < -0.39 is 30.4 Å². The summed E-state index contributed by atoms with van der Waals surface area (Å²) < 4.78 is 15.6. The van der Waals surface area contributed by atoms with E-state index in [4.69, 9.17) is 9.26 Å². The number of methoxy groups -OCH3 is 1. The number of nitrogens with one attached hydrogen (secondary N) is 2. The molecule has 168 valence electrons. The van der Waals surface area contributed by atoms with Gasteiger partial charge in [0.1, 0.15) is 18.3 Å². The highest BCUT2D eigenvalue weighted by molar-refractivity contribution is 5.89. The summed E-state index contributed by atoms with van der Waals surface area (Å²) in [4.78, 5) is 27.5. The number of hydrogen-bond acceptors (Lipinski definition) is 9. The molecule has 0 spiro atoms. The Morgan fingerprint density at radius 3 is 2.48 bits per heavy atom. The lowest BCUT2D eigenvalue weighted by molar-refractivity contribution is 0.00689. The molecule has 1 saturated heterocycles. The van der Waals surface area contributed by atoms with E-state index >= 15 is 0 Å². The van der Waals surface area contributed by atoms with E-state index in [9.17, 15) is 19.8 Å². The quantitative estimate of drug-likeness (QED) is 0.449. The first-order valence-corrected chi connectivity index (χ1v) is 9.85. The van der Waals surface area contributed by atoms with Gasteiger partial charge >= 0.3 is 12.0 Å². The fourth-order valence-electron chi connectivity index (χ4n) is 3.17. The van der Waals surface area contributed by atoms with Crippen molar-refractivity contribution in [1.82, 2.24) is 20.8 Å². The van der Waals surface area contributed by atoms with Crippen molar-refractivity contribution in [3.05, 3.63) is 35.7 Å². The fraction of sp³-hybridized carbons (Fsp3) is 0.500. The number of amides is 2. The van der Waals surface area contributed by atoms with E-state index in [0.29, 0.717) is 17.0 Å². The third kappa shape index (κ3) is 5.57. The molecule has 0 radical (unpaired) electrons. The van der Waals surface area contributed by atoms with Gasteiger partial charge in [-0.3, -0.25) is 0 Å². The monoisotopic (exact) mass is 434 g/mol. The molecule has 2 heterocycles. The van der Waals surface area contributed by atoms with Crippen LogP contribution in [0.4, 0.5) is 4.79 Å². The van der Waals surface area contributed by atoms with Crippen molar-refractivity contribution in [1.29, 1.82) is 0 Å². The lowest BCUT2D eigenvalue weighted by atomic mass is 10.1. The molecular weight excluding hydrogens is 408 g/mol. The molecule has 11 nitrogen and oxygen atoms in total. The average Bonchev–Trinajstić information content (AvgIpc) is 3.32. The number of rotatable bonds is 7. The molecule has 3 rings (SSSR count). The Bertz CT molecular complexity index is 899. The topological polar surface area (TPSA) is 156 Å². The Morgan fingerprint density at radius 2 is 1.84 bits per heavy atom. The van der Waals surface area contributed by atoms with Crippen LogP contribution in [-0.2, 0) is 15.9 Å². The predicted molar refractivity (Wildman–Crippen MR) is 107 cm³/mol. The minimum atomic E-state index is -1.17. The van der Waals surface area contributed by atoms with Crippen LogP contribution in [0.3, 0.4) is 0 Å². The van der Waals surface area contributed by atoms with Crippen molar-refractivity contribution in [3.63, 3.8) is 0 Å². The van der Waals surface area contributed by atoms with Crippen LogP contribution >= 0.6 is 0 Å². The van der Waals surface area contributed by atoms with Crippen LogP contribution in [0.25, 0.3) is 11.4 Å². The van der Waals surface area contributed by atoms with Crippen molar-refractivity contribution in [2.75, 3.05) is 13.7 Å². The average molecular weight is 434 g/mol. The van der Waals surface area contributed by atoms with Gasteiger partial charge < -0.3 is 34.8 Å². The maximum absolute atomic E-state index is 11.7. The number of hydrogen-bond donors (Lipinski definition) is 4. The normalized spacial score (nSPS) is 23.0. The molecule has 2 amide bonds. The van der Waals surface area contributed by atoms with Crippen LogP contribution in [-0.4, -0.2) is 76.5 Å². The van der Waals surface area contributed by atoms with Gasteiger partial charge in [-0.1, -0.05) is 17.3 Å². The molecule has 4 atom stereocenters. The predicted octanol–water partition coefficient (Wildman–Crippen LogP) is 0.263. The zero-order valence-electron chi connectivity index (χ0n) is 17.4. The first kappa shape index (κ1) is 22.7. The number of ether oxygens (including phenoxy) is 2. The fourth-order valence-corrected chi connectivity index (χ4v) is 3.17. The first-order chi connectivity index (χ1) is 14.8. The van der Waals surface area contributed by atoms with Crippen LogP contribution in [0.1, 0.15) is 30.1 Å².